The molecule has 0 unspecified atom stereocenters. The summed E-state index contributed by atoms with van der Waals surface area (Å²) in [7, 11) is -1.60. The van der Waals surface area contributed by atoms with Crippen LogP contribution in [0.15, 0.2) is 17.3 Å². The van der Waals surface area contributed by atoms with Gasteiger partial charge in [-0.1, -0.05) is 0 Å². The summed E-state index contributed by atoms with van der Waals surface area (Å²) in [5.41, 5.74) is 0. The molecule has 68 valence electrons. The first-order chi connectivity index (χ1) is 6.20. The van der Waals surface area contributed by atoms with Gasteiger partial charge in [0.25, 0.3) is 0 Å². The summed E-state index contributed by atoms with van der Waals surface area (Å²) in [5.74, 6) is -1.12. The van der Waals surface area contributed by atoms with Gasteiger partial charge in [-0.3, -0.25) is 0 Å². The Hall–Kier alpha value is -1.56. The van der Waals surface area contributed by atoms with Crippen molar-refractivity contribution in [2.45, 2.75) is 0 Å². The third-order valence-corrected chi connectivity index (χ3v) is 3.15. The summed E-state index contributed by atoms with van der Waals surface area (Å²) < 4.78 is 11.4. The monoisotopic (exact) mass is 198 g/mol. The minimum absolute atomic E-state index is 0.0151. The van der Waals surface area contributed by atoms with Crippen molar-refractivity contribution in [3.8, 4) is 0 Å². The van der Waals surface area contributed by atoms with Crippen LogP contribution < -0.4 is 0 Å². The first kappa shape index (κ1) is 8.06. The Morgan fingerprint density at radius 3 is 3.08 bits per heavy atom. The van der Waals surface area contributed by atoms with Crippen molar-refractivity contribution in [3.05, 3.63) is 12.3 Å². The van der Waals surface area contributed by atoms with Gasteiger partial charge in [0, 0.05) is 12.4 Å². The van der Waals surface area contributed by atoms with Crippen molar-refractivity contribution < 1.29 is 14.1 Å². The average Bonchev–Trinajstić information content (AvgIpc) is 2.45. The van der Waals surface area contributed by atoms with Crippen molar-refractivity contribution in [2.75, 3.05) is 6.54 Å². The van der Waals surface area contributed by atoms with Crippen molar-refractivity contribution in [3.63, 3.8) is 0 Å². The van der Waals surface area contributed by atoms with Crippen molar-refractivity contribution in [1.82, 2.24) is 4.90 Å². The number of rotatable bonds is 1. The highest BCUT2D eigenvalue weighted by Gasteiger charge is 2.24. The molecule has 0 fully saturated rings. The predicted octanol–water partition coefficient (Wildman–Crippen LogP) is -1.01. The zero-order valence-corrected chi connectivity index (χ0v) is 7.32. The number of aliphatic carboxylic acids is 1. The number of fused-ring (bicyclic) bond motifs is 1. The Balaban J connectivity index is 2.59. The van der Waals surface area contributed by atoms with Gasteiger partial charge in [-0.25, -0.2) is 14.0 Å². The molecule has 0 aromatic carbocycles. The Morgan fingerprint density at radius 1 is 1.69 bits per heavy atom. The Morgan fingerprint density at radius 2 is 2.46 bits per heavy atom. The summed E-state index contributed by atoms with van der Waals surface area (Å²) in [6.45, 7) is 0.158. The zero-order valence-electron chi connectivity index (χ0n) is 6.51. The van der Waals surface area contributed by atoms with Gasteiger partial charge in [-0.2, -0.15) is 0 Å². The molecule has 0 radical (unpaired) electrons. The second-order valence-electron chi connectivity index (χ2n) is 2.53. The molecule has 0 aliphatic carbocycles. The van der Waals surface area contributed by atoms with E-state index >= 15 is 0 Å². The van der Waals surface area contributed by atoms with E-state index in [-0.39, 0.29) is 11.4 Å². The molecule has 1 N–H and O–H groups in total. The van der Waals surface area contributed by atoms with Gasteiger partial charge in [-0.05, 0) is 6.08 Å². The first-order valence-electron chi connectivity index (χ1n) is 3.55. The fourth-order valence-electron chi connectivity index (χ4n) is 1.13. The molecular formula is C7H6N2O3S. The van der Waals surface area contributed by atoms with E-state index in [4.69, 9.17) is 5.11 Å². The number of nitrogens with zero attached hydrogens (tertiary/aromatic N) is 2. The lowest BCUT2D eigenvalue weighted by molar-refractivity contribution is -0.129. The van der Waals surface area contributed by atoms with E-state index in [1.54, 1.807) is 17.2 Å². The van der Waals surface area contributed by atoms with Crippen LogP contribution in [0.25, 0.3) is 0 Å². The number of aliphatic imine (C=N–C) groups is 1. The molecule has 0 saturated carbocycles. The zero-order chi connectivity index (χ0) is 9.42. The number of allylic oxidation sites excluding steroid dienone is 1. The van der Waals surface area contributed by atoms with E-state index in [2.05, 4.69) is 4.99 Å². The van der Waals surface area contributed by atoms with E-state index in [0.29, 0.717) is 5.11 Å². The van der Waals surface area contributed by atoms with Crippen LogP contribution in [0.1, 0.15) is 0 Å². The number of hydrogen-bond acceptors (Lipinski definition) is 4. The maximum absolute atomic E-state index is 11.4. The van der Waals surface area contributed by atoms with Crippen LogP contribution >= 0.6 is 0 Å². The lowest BCUT2D eigenvalue weighted by Gasteiger charge is -2.14. The highest BCUT2D eigenvalue weighted by atomic mass is 32.1. The highest BCUT2D eigenvalue weighted by molar-refractivity contribution is 7.86. The first-order valence-corrected chi connectivity index (χ1v) is 4.70. The van der Waals surface area contributed by atoms with Crippen molar-refractivity contribution >= 4 is 32.1 Å². The van der Waals surface area contributed by atoms with E-state index in [0.717, 1.165) is 0 Å². The Kier molecular flexibility index (Phi) is 1.70. The standard InChI is InChI=1S/C7H6N2O3S/c10-6(11)5-4-9-3-1-2-8-7(9)13(5)12/h1-3H,4H2,(H,10,11). The molecule has 0 spiro atoms. The average molecular weight is 198 g/mol. The maximum atomic E-state index is 11.4. The summed E-state index contributed by atoms with van der Waals surface area (Å²) in [4.78, 5) is 16.0. The second-order valence-corrected chi connectivity index (χ2v) is 3.92. The molecule has 0 atom stereocenters. The minimum Gasteiger partial charge on any atom is -0.477 e. The van der Waals surface area contributed by atoms with E-state index in [1.807, 2.05) is 0 Å². The number of carboxylic acid groups (broad SMARTS) is 1. The normalized spacial score (nSPS) is 19.7. The molecule has 6 heteroatoms. The molecule has 0 aromatic heterocycles. The van der Waals surface area contributed by atoms with Gasteiger partial charge in [0.2, 0.25) is 5.11 Å². The van der Waals surface area contributed by atoms with E-state index in [1.165, 1.54) is 6.21 Å². The number of hydrogen-bond donors (Lipinski definition) is 1. The fourth-order valence-corrected chi connectivity index (χ4v) is 2.26. The Bertz CT molecular complexity index is 472. The molecule has 0 amide bonds. The molecule has 0 saturated heterocycles. The van der Waals surface area contributed by atoms with Crippen LogP contribution in [0.5, 0.6) is 0 Å². The lowest BCUT2D eigenvalue weighted by atomic mass is 10.4. The van der Waals surface area contributed by atoms with Gasteiger partial charge in [0.05, 0.1) is 16.5 Å². The van der Waals surface area contributed by atoms with Crippen molar-refractivity contribution in [1.29, 1.82) is 0 Å². The van der Waals surface area contributed by atoms with Gasteiger partial charge < -0.3 is 10.0 Å². The van der Waals surface area contributed by atoms with Crippen LogP contribution in [-0.4, -0.2) is 42.9 Å². The number of carbonyl (C=O) groups is 1. The topological polar surface area (TPSA) is 70.0 Å². The van der Waals surface area contributed by atoms with Gasteiger partial charge in [-0.15, -0.1) is 0 Å². The van der Waals surface area contributed by atoms with Crippen molar-refractivity contribution in [2.24, 2.45) is 4.99 Å². The fraction of sp³-hybridized carbons (Fsp3) is 0.143. The van der Waals surface area contributed by atoms with Crippen LogP contribution in [-0.2, 0) is 14.8 Å². The molecule has 0 aromatic rings. The van der Waals surface area contributed by atoms with Gasteiger partial charge >= 0.3 is 5.97 Å². The van der Waals surface area contributed by atoms with Gasteiger partial charge in [0.15, 0.2) is 0 Å². The third-order valence-electron chi connectivity index (χ3n) is 1.72. The van der Waals surface area contributed by atoms with Crippen LogP contribution in [0.4, 0.5) is 0 Å². The SMILES string of the molecule is O=C(O)C1=S(=O)=C2N=CC=CN2C1. The number of carboxylic acids is 1. The van der Waals surface area contributed by atoms with E-state index < -0.39 is 15.9 Å². The molecule has 2 aliphatic heterocycles. The molecule has 2 heterocycles. The van der Waals surface area contributed by atoms with Crippen LogP contribution in [0.3, 0.4) is 0 Å². The van der Waals surface area contributed by atoms with Crippen LogP contribution in [0, 0.1) is 0 Å². The summed E-state index contributed by atoms with van der Waals surface area (Å²) in [6, 6.07) is 0. The quantitative estimate of drug-likeness (QED) is 0.548. The summed E-state index contributed by atoms with van der Waals surface area (Å²) >= 11 is 0. The summed E-state index contributed by atoms with van der Waals surface area (Å²) in [5, 5.41) is 8.99. The van der Waals surface area contributed by atoms with E-state index in [9.17, 15) is 9.00 Å². The minimum atomic E-state index is -1.60. The second kappa shape index (κ2) is 2.74. The molecule has 2 rings (SSSR count). The molecule has 2 aliphatic rings. The molecular weight excluding hydrogens is 192 g/mol. The maximum Gasteiger partial charge on any atom is 0.346 e. The third kappa shape index (κ3) is 1.15. The highest BCUT2D eigenvalue weighted by Crippen LogP contribution is 2.05. The Labute approximate surface area is 75.6 Å². The van der Waals surface area contributed by atoms with Crippen LogP contribution in [0.2, 0.25) is 0 Å². The summed E-state index contributed by atoms with van der Waals surface area (Å²) in [6.07, 6.45) is 4.83. The molecule has 13 heavy (non-hydrogen) atoms. The molecule has 0 bridgehead atoms. The predicted molar refractivity (Wildman–Crippen MR) is 50.1 cm³/mol. The van der Waals surface area contributed by atoms with Gasteiger partial charge in [0.1, 0.15) is 4.86 Å². The molecule has 5 nitrogen and oxygen atoms in total. The largest absolute Gasteiger partial charge is 0.477 e. The smallest absolute Gasteiger partial charge is 0.346 e. The lowest BCUT2D eigenvalue weighted by Crippen LogP contribution is -2.28.